The van der Waals surface area contributed by atoms with Gasteiger partial charge in [-0.1, -0.05) is 48.5 Å². The molecule has 0 aromatic heterocycles. The highest BCUT2D eigenvalue weighted by Gasteiger charge is 2.22. The van der Waals surface area contributed by atoms with Gasteiger partial charge in [0.05, 0.1) is 0 Å². The average Bonchev–Trinajstić information content (AvgIpc) is 2.39. The normalized spacial score (nSPS) is 11.8. The van der Waals surface area contributed by atoms with E-state index in [0.29, 0.717) is 0 Å². The molecule has 0 bridgehead atoms. The molecule has 20 heavy (non-hydrogen) atoms. The summed E-state index contributed by atoms with van der Waals surface area (Å²) in [5.74, 6) is 0. The molecule has 0 aliphatic rings. The second-order valence-corrected chi connectivity index (χ2v) is 6.51. The standard InChI is InChI=1S/C15H18NO3P/c1-12-7-6-10-14(11-16(2)20(17,18)19)15(12)13-8-4-3-5-9-13/h3-10H,11H2,1-2H3,(H2,17,18,19). The lowest BCUT2D eigenvalue weighted by Crippen LogP contribution is -2.14. The summed E-state index contributed by atoms with van der Waals surface area (Å²) in [6.45, 7) is 2.21. The number of rotatable bonds is 4. The Bertz CT molecular complexity index is 637. The topological polar surface area (TPSA) is 60.8 Å². The maximum atomic E-state index is 11.3. The van der Waals surface area contributed by atoms with E-state index in [0.717, 1.165) is 26.9 Å². The fourth-order valence-electron chi connectivity index (χ4n) is 2.22. The second-order valence-electron chi connectivity index (χ2n) is 4.80. The summed E-state index contributed by atoms with van der Waals surface area (Å²) in [6, 6.07) is 15.7. The van der Waals surface area contributed by atoms with E-state index in [-0.39, 0.29) is 6.54 Å². The van der Waals surface area contributed by atoms with Gasteiger partial charge in [0.2, 0.25) is 0 Å². The Morgan fingerprint density at radius 3 is 2.30 bits per heavy atom. The zero-order valence-electron chi connectivity index (χ0n) is 11.5. The van der Waals surface area contributed by atoms with Crippen LogP contribution in [0.15, 0.2) is 48.5 Å². The van der Waals surface area contributed by atoms with Crippen molar-refractivity contribution >= 4 is 7.75 Å². The molecule has 2 rings (SSSR count). The molecule has 0 radical (unpaired) electrons. The van der Waals surface area contributed by atoms with Crippen molar-refractivity contribution in [1.82, 2.24) is 4.67 Å². The summed E-state index contributed by atoms with van der Waals surface area (Å²) in [5.41, 5.74) is 4.09. The molecule has 4 nitrogen and oxygen atoms in total. The third-order valence-electron chi connectivity index (χ3n) is 3.27. The quantitative estimate of drug-likeness (QED) is 0.849. The van der Waals surface area contributed by atoms with Crippen LogP contribution in [0.3, 0.4) is 0 Å². The first-order valence-corrected chi connectivity index (χ1v) is 7.87. The third kappa shape index (κ3) is 3.35. The summed E-state index contributed by atoms with van der Waals surface area (Å²) < 4.78 is 12.4. The van der Waals surface area contributed by atoms with E-state index < -0.39 is 7.75 Å². The lowest BCUT2D eigenvalue weighted by Gasteiger charge is -2.20. The Balaban J connectivity index is 2.45. The van der Waals surface area contributed by atoms with Gasteiger partial charge in [-0.2, -0.15) is 0 Å². The first-order valence-electron chi connectivity index (χ1n) is 6.30. The molecule has 0 spiro atoms. The summed E-state index contributed by atoms with van der Waals surface area (Å²) in [5, 5.41) is 0. The van der Waals surface area contributed by atoms with Crippen LogP contribution in [-0.4, -0.2) is 21.5 Å². The van der Waals surface area contributed by atoms with Crippen LogP contribution in [0.1, 0.15) is 11.1 Å². The molecule has 0 fully saturated rings. The number of hydrogen-bond donors (Lipinski definition) is 2. The number of benzene rings is 2. The van der Waals surface area contributed by atoms with Crippen molar-refractivity contribution in [2.24, 2.45) is 0 Å². The molecule has 106 valence electrons. The molecule has 2 N–H and O–H groups in total. The molecule has 0 saturated heterocycles. The van der Waals surface area contributed by atoms with E-state index in [1.165, 1.54) is 7.05 Å². The third-order valence-corrected chi connectivity index (χ3v) is 4.30. The van der Waals surface area contributed by atoms with Gasteiger partial charge >= 0.3 is 7.75 Å². The Morgan fingerprint density at radius 2 is 1.70 bits per heavy atom. The highest BCUT2D eigenvalue weighted by molar-refractivity contribution is 7.49. The average molecular weight is 291 g/mol. The Labute approximate surface area is 118 Å². The summed E-state index contributed by atoms with van der Waals surface area (Å²) in [6.07, 6.45) is 0. The Hall–Kier alpha value is -1.45. The number of hydrogen-bond acceptors (Lipinski definition) is 1. The molecule has 0 unspecified atom stereocenters. The Kier molecular flexibility index (Phi) is 4.41. The molecule has 0 heterocycles. The predicted octanol–water partition coefficient (Wildman–Crippen LogP) is 3.19. The molecule has 0 aliphatic carbocycles. The van der Waals surface area contributed by atoms with E-state index >= 15 is 0 Å². The van der Waals surface area contributed by atoms with Gasteiger partial charge in [0.15, 0.2) is 0 Å². The minimum Gasteiger partial charge on any atom is -0.312 e. The van der Waals surface area contributed by atoms with Crippen LogP contribution in [0, 0.1) is 6.92 Å². The molecule has 2 aromatic rings. The molecular weight excluding hydrogens is 273 g/mol. The van der Waals surface area contributed by atoms with Gasteiger partial charge in [-0.25, -0.2) is 9.24 Å². The van der Waals surface area contributed by atoms with Gasteiger partial charge in [0, 0.05) is 6.54 Å². The SMILES string of the molecule is Cc1cccc(CN(C)P(=O)(O)O)c1-c1ccccc1. The van der Waals surface area contributed by atoms with Crippen molar-refractivity contribution in [1.29, 1.82) is 0 Å². The van der Waals surface area contributed by atoms with Gasteiger partial charge in [-0.15, -0.1) is 0 Å². The molecule has 0 amide bonds. The maximum Gasteiger partial charge on any atom is 0.403 e. The van der Waals surface area contributed by atoms with Crippen LogP contribution >= 0.6 is 7.75 Å². The van der Waals surface area contributed by atoms with E-state index in [1.807, 2.05) is 55.5 Å². The van der Waals surface area contributed by atoms with Crippen LogP contribution in [0.5, 0.6) is 0 Å². The van der Waals surface area contributed by atoms with Crippen molar-refractivity contribution in [2.75, 3.05) is 7.05 Å². The van der Waals surface area contributed by atoms with Crippen LogP contribution in [0.4, 0.5) is 0 Å². The molecule has 0 atom stereocenters. The monoisotopic (exact) mass is 291 g/mol. The first-order chi connectivity index (χ1) is 9.39. The van der Waals surface area contributed by atoms with Crippen molar-refractivity contribution in [3.05, 3.63) is 59.7 Å². The highest BCUT2D eigenvalue weighted by Crippen LogP contribution is 2.40. The largest absolute Gasteiger partial charge is 0.403 e. The van der Waals surface area contributed by atoms with Gasteiger partial charge in [0.25, 0.3) is 0 Å². The van der Waals surface area contributed by atoms with E-state index in [4.69, 9.17) is 0 Å². The lowest BCUT2D eigenvalue weighted by atomic mass is 9.95. The highest BCUT2D eigenvalue weighted by atomic mass is 31.2. The van der Waals surface area contributed by atoms with E-state index in [9.17, 15) is 14.4 Å². The minimum absolute atomic E-state index is 0.205. The number of aryl methyl sites for hydroxylation is 1. The molecule has 5 heteroatoms. The van der Waals surface area contributed by atoms with Crippen LogP contribution in [0.2, 0.25) is 0 Å². The number of nitrogens with zero attached hydrogens (tertiary/aromatic N) is 1. The van der Waals surface area contributed by atoms with Gasteiger partial charge in [0.1, 0.15) is 0 Å². The van der Waals surface area contributed by atoms with Crippen LogP contribution < -0.4 is 0 Å². The van der Waals surface area contributed by atoms with Gasteiger partial charge in [-0.05, 0) is 36.2 Å². The van der Waals surface area contributed by atoms with Crippen LogP contribution in [-0.2, 0) is 11.1 Å². The fourth-order valence-corrected chi connectivity index (χ4v) is 2.55. The predicted molar refractivity (Wildman–Crippen MR) is 80.1 cm³/mol. The lowest BCUT2D eigenvalue weighted by molar-refractivity contribution is 0.289. The van der Waals surface area contributed by atoms with Crippen LogP contribution in [0.25, 0.3) is 11.1 Å². The first kappa shape index (κ1) is 14.9. The zero-order chi connectivity index (χ0) is 14.8. The zero-order valence-corrected chi connectivity index (χ0v) is 12.4. The minimum atomic E-state index is -4.22. The smallest absolute Gasteiger partial charge is 0.312 e. The second kappa shape index (κ2) is 5.90. The molecule has 0 aliphatic heterocycles. The Morgan fingerprint density at radius 1 is 1.05 bits per heavy atom. The van der Waals surface area contributed by atoms with E-state index in [2.05, 4.69) is 0 Å². The van der Waals surface area contributed by atoms with E-state index in [1.54, 1.807) is 0 Å². The van der Waals surface area contributed by atoms with Gasteiger partial charge in [-0.3, -0.25) is 0 Å². The molecule has 0 saturated carbocycles. The summed E-state index contributed by atoms with van der Waals surface area (Å²) >= 11 is 0. The van der Waals surface area contributed by atoms with Gasteiger partial charge < -0.3 is 9.79 Å². The van der Waals surface area contributed by atoms with Crippen molar-refractivity contribution in [2.45, 2.75) is 13.5 Å². The summed E-state index contributed by atoms with van der Waals surface area (Å²) in [7, 11) is -2.79. The maximum absolute atomic E-state index is 11.3. The van der Waals surface area contributed by atoms with Crippen molar-refractivity contribution in [3.63, 3.8) is 0 Å². The van der Waals surface area contributed by atoms with Crippen molar-refractivity contribution in [3.8, 4) is 11.1 Å². The summed E-state index contributed by atoms with van der Waals surface area (Å²) in [4.78, 5) is 18.4. The van der Waals surface area contributed by atoms with Crippen molar-refractivity contribution < 1.29 is 14.4 Å². The molecule has 2 aromatic carbocycles. The fraction of sp³-hybridized carbons (Fsp3) is 0.200. The molecular formula is C15H18NO3P.